The van der Waals surface area contributed by atoms with Crippen LogP contribution in [0.5, 0.6) is 0 Å². The smallest absolute Gasteiger partial charge is 0.0506 e. The van der Waals surface area contributed by atoms with Crippen LogP contribution in [0, 0.1) is 5.92 Å². The van der Waals surface area contributed by atoms with Crippen LogP contribution in [-0.2, 0) is 4.74 Å². The topological polar surface area (TPSA) is 21.3 Å². The van der Waals surface area contributed by atoms with Crippen LogP contribution in [0.15, 0.2) is 18.2 Å². The zero-order valence-electron chi connectivity index (χ0n) is 10.6. The molecule has 0 spiro atoms. The highest BCUT2D eigenvalue weighted by atomic mass is 35.5. The van der Waals surface area contributed by atoms with Gasteiger partial charge in [-0.15, -0.1) is 0 Å². The molecule has 1 aromatic carbocycles. The average Bonchev–Trinajstić information content (AvgIpc) is 2.37. The summed E-state index contributed by atoms with van der Waals surface area (Å²) in [5.74, 6) is 0.618. The minimum absolute atomic E-state index is 0.233. The number of ether oxygens (including phenoxy) is 1. The molecule has 1 aliphatic heterocycles. The van der Waals surface area contributed by atoms with E-state index in [1.165, 1.54) is 12.8 Å². The first-order valence-electron chi connectivity index (χ1n) is 6.43. The van der Waals surface area contributed by atoms with Crippen molar-refractivity contribution < 1.29 is 4.74 Å². The normalized spacial score (nSPS) is 21.8. The second-order valence-corrected chi connectivity index (χ2v) is 5.72. The van der Waals surface area contributed by atoms with Gasteiger partial charge in [-0.3, -0.25) is 0 Å². The first kappa shape index (κ1) is 14.1. The van der Waals surface area contributed by atoms with Crippen molar-refractivity contribution in [2.75, 3.05) is 19.8 Å². The van der Waals surface area contributed by atoms with Crippen molar-refractivity contribution in [2.45, 2.75) is 25.8 Å². The molecule has 100 valence electrons. The number of benzene rings is 1. The molecule has 0 aromatic heterocycles. The van der Waals surface area contributed by atoms with Gasteiger partial charge >= 0.3 is 0 Å². The van der Waals surface area contributed by atoms with Gasteiger partial charge in [0.15, 0.2) is 0 Å². The van der Waals surface area contributed by atoms with Crippen LogP contribution >= 0.6 is 23.2 Å². The molecule has 2 unspecified atom stereocenters. The van der Waals surface area contributed by atoms with Gasteiger partial charge in [0.2, 0.25) is 0 Å². The van der Waals surface area contributed by atoms with E-state index in [4.69, 9.17) is 27.9 Å². The maximum Gasteiger partial charge on any atom is 0.0506 e. The van der Waals surface area contributed by atoms with Gasteiger partial charge in [-0.1, -0.05) is 29.3 Å². The van der Waals surface area contributed by atoms with E-state index in [0.29, 0.717) is 10.9 Å². The molecule has 1 N–H and O–H groups in total. The van der Waals surface area contributed by atoms with Gasteiger partial charge in [-0.2, -0.15) is 0 Å². The molecule has 1 aliphatic rings. The molecule has 1 saturated heterocycles. The predicted molar refractivity (Wildman–Crippen MR) is 76.4 cm³/mol. The van der Waals surface area contributed by atoms with Gasteiger partial charge in [0.05, 0.1) is 6.61 Å². The van der Waals surface area contributed by atoms with Gasteiger partial charge < -0.3 is 10.1 Å². The summed E-state index contributed by atoms with van der Waals surface area (Å²) in [6.07, 6.45) is 2.41. The SMILES string of the molecule is CC(NCC1CCCOC1)c1ccc(Cl)cc1Cl. The number of halogens is 2. The lowest BCUT2D eigenvalue weighted by atomic mass is 10.0. The summed E-state index contributed by atoms with van der Waals surface area (Å²) < 4.78 is 5.48. The summed E-state index contributed by atoms with van der Waals surface area (Å²) in [4.78, 5) is 0. The van der Waals surface area contributed by atoms with Gasteiger partial charge in [-0.05, 0) is 43.4 Å². The van der Waals surface area contributed by atoms with E-state index in [9.17, 15) is 0 Å². The van der Waals surface area contributed by atoms with Crippen molar-refractivity contribution in [2.24, 2.45) is 5.92 Å². The van der Waals surface area contributed by atoms with Crippen molar-refractivity contribution in [3.63, 3.8) is 0 Å². The Labute approximate surface area is 119 Å². The molecule has 2 atom stereocenters. The molecular formula is C14H19Cl2NO. The van der Waals surface area contributed by atoms with Crippen molar-refractivity contribution in [3.8, 4) is 0 Å². The molecule has 1 fully saturated rings. The third-order valence-electron chi connectivity index (χ3n) is 3.40. The van der Waals surface area contributed by atoms with E-state index in [2.05, 4.69) is 12.2 Å². The maximum atomic E-state index is 6.20. The number of hydrogen-bond acceptors (Lipinski definition) is 2. The van der Waals surface area contributed by atoms with E-state index >= 15 is 0 Å². The second-order valence-electron chi connectivity index (χ2n) is 4.88. The minimum atomic E-state index is 0.233. The maximum absolute atomic E-state index is 6.20. The highest BCUT2D eigenvalue weighted by molar-refractivity contribution is 6.35. The fourth-order valence-electron chi connectivity index (χ4n) is 2.27. The Balaban J connectivity index is 1.88. The zero-order valence-corrected chi connectivity index (χ0v) is 12.1. The van der Waals surface area contributed by atoms with E-state index in [1.54, 1.807) is 6.07 Å². The van der Waals surface area contributed by atoms with Crippen molar-refractivity contribution in [1.82, 2.24) is 5.32 Å². The highest BCUT2D eigenvalue weighted by Gasteiger charge is 2.16. The quantitative estimate of drug-likeness (QED) is 0.901. The van der Waals surface area contributed by atoms with Crippen LogP contribution in [0.3, 0.4) is 0 Å². The summed E-state index contributed by atoms with van der Waals surface area (Å²) in [5, 5.41) is 4.92. The zero-order chi connectivity index (χ0) is 13.0. The van der Waals surface area contributed by atoms with Crippen molar-refractivity contribution >= 4 is 23.2 Å². The Hall–Kier alpha value is -0.280. The van der Waals surface area contributed by atoms with Crippen LogP contribution in [0.25, 0.3) is 0 Å². The fraction of sp³-hybridized carbons (Fsp3) is 0.571. The van der Waals surface area contributed by atoms with Crippen LogP contribution in [0.2, 0.25) is 10.0 Å². The molecule has 1 aromatic rings. The van der Waals surface area contributed by atoms with E-state index in [0.717, 1.165) is 30.3 Å². The lowest BCUT2D eigenvalue weighted by Gasteiger charge is -2.24. The lowest BCUT2D eigenvalue weighted by Crippen LogP contribution is -2.30. The Bertz CT molecular complexity index is 391. The number of hydrogen-bond donors (Lipinski definition) is 1. The lowest BCUT2D eigenvalue weighted by molar-refractivity contribution is 0.0540. The van der Waals surface area contributed by atoms with Gasteiger partial charge in [0.25, 0.3) is 0 Å². The van der Waals surface area contributed by atoms with E-state index in [1.807, 2.05) is 12.1 Å². The Morgan fingerprint density at radius 2 is 2.28 bits per heavy atom. The molecule has 0 amide bonds. The molecule has 0 aliphatic carbocycles. The third kappa shape index (κ3) is 3.86. The third-order valence-corrected chi connectivity index (χ3v) is 3.96. The van der Waals surface area contributed by atoms with Gasteiger partial charge in [0, 0.05) is 29.2 Å². The van der Waals surface area contributed by atoms with Crippen LogP contribution in [0.1, 0.15) is 31.4 Å². The summed E-state index contributed by atoms with van der Waals surface area (Å²) in [7, 11) is 0. The number of rotatable bonds is 4. The van der Waals surface area contributed by atoms with Gasteiger partial charge in [0.1, 0.15) is 0 Å². The molecule has 1 heterocycles. The molecule has 4 heteroatoms. The van der Waals surface area contributed by atoms with Crippen LogP contribution < -0.4 is 5.32 Å². The van der Waals surface area contributed by atoms with Crippen molar-refractivity contribution in [3.05, 3.63) is 33.8 Å². The van der Waals surface area contributed by atoms with Crippen LogP contribution in [0.4, 0.5) is 0 Å². The molecule has 0 radical (unpaired) electrons. The molecular weight excluding hydrogens is 269 g/mol. The Kier molecular flexibility index (Phi) is 5.31. The molecule has 18 heavy (non-hydrogen) atoms. The van der Waals surface area contributed by atoms with E-state index in [-0.39, 0.29) is 6.04 Å². The largest absolute Gasteiger partial charge is 0.381 e. The molecule has 0 saturated carbocycles. The second kappa shape index (κ2) is 6.76. The minimum Gasteiger partial charge on any atom is -0.381 e. The number of nitrogens with one attached hydrogen (secondary N) is 1. The summed E-state index contributed by atoms with van der Waals surface area (Å²) in [6, 6.07) is 5.89. The molecule has 2 nitrogen and oxygen atoms in total. The Morgan fingerprint density at radius 3 is 2.94 bits per heavy atom. The predicted octanol–water partition coefficient (Wildman–Crippen LogP) is 4.07. The molecule has 2 rings (SSSR count). The van der Waals surface area contributed by atoms with Crippen molar-refractivity contribution in [1.29, 1.82) is 0 Å². The summed E-state index contributed by atoms with van der Waals surface area (Å²) in [6.45, 7) is 4.88. The van der Waals surface area contributed by atoms with Gasteiger partial charge in [-0.25, -0.2) is 0 Å². The summed E-state index contributed by atoms with van der Waals surface area (Å²) in [5.41, 5.74) is 1.10. The fourth-order valence-corrected chi connectivity index (χ4v) is 2.85. The highest BCUT2D eigenvalue weighted by Crippen LogP contribution is 2.26. The summed E-state index contributed by atoms with van der Waals surface area (Å²) >= 11 is 12.1. The molecule has 0 bridgehead atoms. The first-order valence-corrected chi connectivity index (χ1v) is 7.18. The van der Waals surface area contributed by atoms with E-state index < -0.39 is 0 Å². The average molecular weight is 288 g/mol. The monoisotopic (exact) mass is 287 g/mol. The first-order chi connectivity index (χ1) is 8.66. The van der Waals surface area contributed by atoms with Crippen LogP contribution in [-0.4, -0.2) is 19.8 Å². The standard InChI is InChI=1S/C14H19Cl2NO/c1-10(13-5-4-12(15)7-14(13)16)17-8-11-3-2-6-18-9-11/h4-5,7,10-11,17H,2-3,6,8-9H2,1H3. The Morgan fingerprint density at radius 1 is 1.44 bits per heavy atom.